The summed E-state index contributed by atoms with van der Waals surface area (Å²) in [6.45, 7) is 2.59. The lowest BCUT2D eigenvalue weighted by Gasteiger charge is -2.27. The van der Waals surface area contributed by atoms with Crippen molar-refractivity contribution in [2.75, 3.05) is 19.7 Å². The molecule has 6 nitrogen and oxygen atoms in total. The van der Waals surface area contributed by atoms with Gasteiger partial charge in [-0.1, -0.05) is 24.3 Å². The van der Waals surface area contributed by atoms with Crippen molar-refractivity contribution >= 4 is 28.4 Å². The molecule has 152 valence electrons. The molecule has 28 heavy (non-hydrogen) atoms. The summed E-state index contributed by atoms with van der Waals surface area (Å²) >= 11 is 0. The highest BCUT2D eigenvalue weighted by molar-refractivity contribution is 7.89. The second-order valence-electron chi connectivity index (χ2n) is 6.20. The summed E-state index contributed by atoms with van der Waals surface area (Å²) in [5.74, 6) is -1.58. The summed E-state index contributed by atoms with van der Waals surface area (Å²) in [5, 5.41) is 3.28. The molecule has 2 N–H and O–H groups in total. The van der Waals surface area contributed by atoms with Gasteiger partial charge < -0.3 is 10.1 Å². The Morgan fingerprint density at radius 2 is 2.04 bits per heavy atom. The van der Waals surface area contributed by atoms with E-state index in [-0.39, 0.29) is 42.1 Å². The van der Waals surface area contributed by atoms with Gasteiger partial charge >= 0.3 is 5.97 Å². The number of fused-ring (bicyclic) bond motifs is 1. The van der Waals surface area contributed by atoms with Crippen LogP contribution >= 0.6 is 12.4 Å². The minimum absolute atomic E-state index is 0. The molecule has 2 aromatic rings. The minimum Gasteiger partial charge on any atom is -0.462 e. The van der Waals surface area contributed by atoms with Crippen LogP contribution in [0.15, 0.2) is 47.4 Å². The van der Waals surface area contributed by atoms with Crippen molar-refractivity contribution < 1.29 is 22.3 Å². The first kappa shape index (κ1) is 22.3. The molecule has 0 spiro atoms. The van der Waals surface area contributed by atoms with Crippen LogP contribution < -0.4 is 10.0 Å². The maximum absolute atomic E-state index is 13.8. The smallest absolute Gasteiger partial charge is 0.338 e. The van der Waals surface area contributed by atoms with E-state index in [9.17, 15) is 17.6 Å². The molecule has 0 radical (unpaired) electrons. The van der Waals surface area contributed by atoms with E-state index in [4.69, 9.17) is 4.74 Å². The molecule has 1 aliphatic heterocycles. The molecular weight excluding hydrogens is 407 g/mol. The highest BCUT2D eigenvalue weighted by Crippen LogP contribution is 2.23. The molecule has 0 fully saturated rings. The Bertz CT molecular complexity index is 953. The maximum atomic E-state index is 13.8. The van der Waals surface area contributed by atoms with Gasteiger partial charge in [0.15, 0.2) is 0 Å². The minimum atomic E-state index is -3.99. The number of nitrogens with one attached hydrogen (secondary N) is 2. The maximum Gasteiger partial charge on any atom is 0.338 e. The normalized spacial score (nSPS) is 16.0. The van der Waals surface area contributed by atoms with Gasteiger partial charge in [-0.05, 0) is 49.2 Å². The highest BCUT2D eigenvalue weighted by Gasteiger charge is 2.23. The topological polar surface area (TPSA) is 84.5 Å². The third kappa shape index (κ3) is 5.08. The summed E-state index contributed by atoms with van der Waals surface area (Å²) in [6.07, 6.45) is 0.881. The summed E-state index contributed by atoms with van der Waals surface area (Å²) < 4.78 is 46.4. The van der Waals surface area contributed by atoms with E-state index in [1.807, 2.05) is 24.3 Å². The van der Waals surface area contributed by atoms with Crippen LogP contribution in [0.5, 0.6) is 0 Å². The van der Waals surface area contributed by atoms with E-state index >= 15 is 0 Å². The molecule has 9 heteroatoms. The largest absolute Gasteiger partial charge is 0.462 e. The van der Waals surface area contributed by atoms with Gasteiger partial charge in [0, 0.05) is 12.6 Å². The van der Waals surface area contributed by atoms with Crippen molar-refractivity contribution in [3.8, 4) is 0 Å². The van der Waals surface area contributed by atoms with Gasteiger partial charge in [0.05, 0.1) is 17.1 Å². The Hall–Kier alpha value is -2.00. The van der Waals surface area contributed by atoms with E-state index in [0.29, 0.717) is 0 Å². The fourth-order valence-corrected chi connectivity index (χ4v) is 4.20. The molecule has 0 aliphatic carbocycles. The summed E-state index contributed by atoms with van der Waals surface area (Å²) in [4.78, 5) is 11.5. The Labute approximate surface area is 169 Å². The summed E-state index contributed by atoms with van der Waals surface area (Å²) in [5.41, 5.74) is 2.08. The van der Waals surface area contributed by atoms with Crippen LogP contribution in [0.4, 0.5) is 4.39 Å². The average molecular weight is 429 g/mol. The standard InChI is InChI=1S/C19H21FN2O4S.ClH/c1-2-26-19(23)14-9-15(20)11-16(10-14)27(24,25)22-12-18-17-6-4-3-5-13(17)7-8-21-18;/h3-6,9-11,18,21-22H,2,7-8,12H2,1H3;1H. The van der Waals surface area contributed by atoms with E-state index in [2.05, 4.69) is 10.0 Å². The quantitative estimate of drug-likeness (QED) is 0.691. The van der Waals surface area contributed by atoms with Crippen LogP contribution in [-0.4, -0.2) is 34.1 Å². The number of hydrogen-bond donors (Lipinski definition) is 2. The Morgan fingerprint density at radius 3 is 2.79 bits per heavy atom. The van der Waals surface area contributed by atoms with E-state index in [1.165, 1.54) is 5.56 Å². The molecule has 2 aromatic carbocycles. The summed E-state index contributed by atoms with van der Waals surface area (Å²) in [6, 6.07) is 10.6. The molecule has 1 aliphatic rings. The number of benzene rings is 2. The molecule has 0 bridgehead atoms. The number of ether oxygens (including phenoxy) is 1. The molecule has 1 atom stereocenters. The third-order valence-corrected chi connectivity index (χ3v) is 5.79. The average Bonchev–Trinajstić information content (AvgIpc) is 2.66. The zero-order valence-corrected chi connectivity index (χ0v) is 16.9. The molecule has 0 saturated heterocycles. The predicted octanol–water partition coefficient (Wildman–Crippen LogP) is 2.59. The van der Waals surface area contributed by atoms with Crippen LogP contribution in [0.1, 0.15) is 34.5 Å². The molecule has 1 heterocycles. The van der Waals surface area contributed by atoms with Crippen molar-refractivity contribution in [1.29, 1.82) is 0 Å². The van der Waals surface area contributed by atoms with Crippen LogP contribution in [-0.2, 0) is 21.2 Å². The SMILES string of the molecule is CCOC(=O)c1cc(F)cc(S(=O)(=O)NCC2NCCc3ccccc32)c1.Cl. The van der Waals surface area contributed by atoms with Gasteiger partial charge in [-0.25, -0.2) is 22.3 Å². The van der Waals surface area contributed by atoms with Crippen molar-refractivity contribution in [3.05, 3.63) is 65.0 Å². The lowest BCUT2D eigenvalue weighted by atomic mass is 9.95. The Balaban J connectivity index is 0.00000280. The number of carbonyl (C=O) groups is 1. The number of carbonyl (C=O) groups excluding carboxylic acids is 1. The van der Waals surface area contributed by atoms with Crippen molar-refractivity contribution in [3.63, 3.8) is 0 Å². The zero-order valence-electron chi connectivity index (χ0n) is 15.3. The van der Waals surface area contributed by atoms with Crippen molar-refractivity contribution in [1.82, 2.24) is 10.0 Å². The number of hydrogen-bond acceptors (Lipinski definition) is 5. The van der Waals surface area contributed by atoms with Crippen molar-refractivity contribution in [2.45, 2.75) is 24.3 Å². The van der Waals surface area contributed by atoms with Crippen molar-refractivity contribution in [2.24, 2.45) is 0 Å². The molecule has 0 saturated carbocycles. The predicted molar refractivity (Wildman–Crippen MR) is 106 cm³/mol. The fraction of sp³-hybridized carbons (Fsp3) is 0.316. The number of esters is 1. The molecule has 3 rings (SSSR count). The lowest BCUT2D eigenvalue weighted by molar-refractivity contribution is 0.0525. The monoisotopic (exact) mass is 428 g/mol. The van der Waals surface area contributed by atoms with Gasteiger partial charge in [0.1, 0.15) is 5.82 Å². The van der Waals surface area contributed by atoms with Gasteiger partial charge in [-0.15, -0.1) is 12.4 Å². The lowest BCUT2D eigenvalue weighted by Crippen LogP contribution is -2.38. The van der Waals surface area contributed by atoms with E-state index < -0.39 is 21.8 Å². The number of halogens is 2. The Morgan fingerprint density at radius 1 is 1.29 bits per heavy atom. The first-order valence-electron chi connectivity index (χ1n) is 8.69. The zero-order chi connectivity index (χ0) is 19.4. The Kier molecular flexibility index (Phi) is 7.54. The molecule has 0 aromatic heterocycles. The second kappa shape index (κ2) is 9.47. The van der Waals surface area contributed by atoms with Gasteiger partial charge in [0.25, 0.3) is 0 Å². The van der Waals surface area contributed by atoms with Crippen LogP contribution in [0.25, 0.3) is 0 Å². The molecular formula is C19H22ClFN2O4S. The summed E-state index contributed by atoms with van der Waals surface area (Å²) in [7, 11) is -3.99. The van der Waals surface area contributed by atoms with Crippen LogP contribution in [0, 0.1) is 5.82 Å². The molecule has 1 unspecified atom stereocenters. The first-order chi connectivity index (χ1) is 12.9. The highest BCUT2D eigenvalue weighted by atomic mass is 35.5. The van der Waals surface area contributed by atoms with Gasteiger partial charge in [-0.2, -0.15) is 0 Å². The first-order valence-corrected chi connectivity index (χ1v) is 10.2. The van der Waals surface area contributed by atoms with Crippen LogP contribution in [0.2, 0.25) is 0 Å². The number of sulfonamides is 1. The fourth-order valence-electron chi connectivity index (χ4n) is 3.10. The van der Waals surface area contributed by atoms with Gasteiger partial charge in [0.2, 0.25) is 10.0 Å². The third-order valence-electron chi connectivity index (χ3n) is 4.39. The second-order valence-corrected chi connectivity index (χ2v) is 7.97. The van der Waals surface area contributed by atoms with Crippen LogP contribution in [0.3, 0.4) is 0 Å². The van der Waals surface area contributed by atoms with E-state index in [1.54, 1.807) is 6.92 Å². The van der Waals surface area contributed by atoms with Gasteiger partial charge in [-0.3, -0.25) is 0 Å². The molecule has 0 amide bonds. The number of rotatable bonds is 6. The van der Waals surface area contributed by atoms with E-state index in [0.717, 1.165) is 36.7 Å².